The van der Waals surface area contributed by atoms with Gasteiger partial charge in [-0.05, 0) is 85.9 Å². The Balaban J connectivity index is 1.82. The molecule has 3 aliphatic rings. The number of cyclic esters (lactones) is 1. The molecule has 65 heavy (non-hydrogen) atoms. The number of amides is 4. The molecule has 0 unspecified atom stereocenters. The zero-order valence-electron chi connectivity index (χ0n) is 40.5. The van der Waals surface area contributed by atoms with Crippen LogP contribution < -0.4 is 10.1 Å². The van der Waals surface area contributed by atoms with E-state index in [-0.39, 0.29) is 49.1 Å². The molecular formula is C48H74N8O8S. The van der Waals surface area contributed by atoms with Gasteiger partial charge >= 0.3 is 5.97 Å². The topological polar surface area (TPSA) is 207 Å². The van der Waals surface area contributed by atoms with Crippen molar-refractivity contribution in [2.24, 2.45) is 33.3 Å². The molecule has 4 rings (SSSR count). The van der Waals surface area contributed by atoms with E-state index in [9.17, 15) is 29.1 Å². The Morgan fingerprint density at radius 2 is 1.74 bits per heavy atom. The van der Waals surface area contributed by atoms with E-state index in [1.807, 2.05) is 60.6 Å². The van der Waals surface area contributed by atoms with Crippen molar-refractivity contribution in [1.29, 1.82) is 0 Å². The van der Waals surface area contributed by atoms with E-state index >= 15 is 0 Å². The lowest BCUT2D eigenvalue weighted by atomic mass is 9.81. The third-order valence-electron chi connectivity index (χ3n) is 13.3. The average molecular weight is 923 g/mol. The first kappa shape index (κ1) is 53.0. The molecule has 360 valence electrons. The molecule has 16 nitrogen and oxygen atoms in total. The average Bonchev–Trinajstić information content (AvgIpc) is 3.96. The van der Waals surface area contributed by atoms with Gasteiger partial charge in [0.05, 0.1) is 24.3 Å². The number of aliphatic hydroxyl groups excluding tert-OH is 1. The number of methoxy groups -OCH3 is 1. The summed E-state index contributed by atoms with van der Waals surface area (Å²) in [6.07, 6.45) is 4.23. The molecule has 0 aromatic heterocycles. The van der Waals surface area contributed by atoms with Crippen LogP contribution in [0.3, 0.4) is 0 Å². The number of thioether (sulfide) groups is 1. The van der Waals surface area contributed by atoms with Gasteiger partial charge in [-0.25, -0.2) is 4.79 Å². The first-order valence-electron chi connectivity index (χ1n) is 23.3. The summed E-state index contributed by atoms with van der Waals surface area (Å²) in [7, 11) is 4.67. The monoisotopic (exact) mass is 923 g/mol. The largest absolute Gasteiger partial charge is 0.497 e. The minimum Gasteiger partial charge on any atom is -0.497 e. The van der Waals surface area contributed by atoms with Crippen LogP contribution in [0.4, 0.5) is 0 Å². The van der Waals surface area contributed by atoms with Gasteiger partial charge < -0.3 is 34.6 Å². The van der Waals surface area contributed by atoms with E-state index in [1.165, 1.54) is 16.8 Å². The molecule has 0 saturated carbocycles. The third-order valence-corrected chi connectivity index (χ3v) is 14.6. The van der Waals surface area contributed by atoms with Crippen molar-refractivity contribution in [2.45, 2.75) is 156 Å². The van der Waals surface area contributed by atoms with Crippen LogP contribution in [0.15, 0.2) is 46.0 Å². The minimum atomic E-state index is -1.10. The first-order valence-corrected chi connectivity index (χ1v) is 24.3. The van der Waals surface area contributed by atoms with Crippen molar-refractivity contribution in [1.82, 2.24) is 20.0 Å². The maximum absolute atomic E-state index is 15.0. The number of carbonyl (C=O) groups excluding carboxylic acids is 5. The highest BCUT2D eigenvalue weighted by Crippen LogP contribution is 2.34. The zero-order chi connectivity index (χ0) is 48.2. The third kappa shape index (κ3) is 14.2. The molecule has 10 atom stereocenters. The van der Waals surface area contributed by atoms with Gasteiger partial charge in [0, 0.05) is 55.8 Å². The zero-order valence-corrected chi connectivity index (χ0v) is 41.3. The fraction of sp³-hybridized carbons (Fsp3) is 0.708. The highest BCUT2D eigenvalue weighted by molar-refractivity contribution is 8.14. The Hall–Kier alpha value is -4.60. The van der Waals surface area contributed by atoms with E-state index in [0.717, 1.165) is 10.6 Å². The van der Waals surface area contributed by atoms with Crippen LogP contribution in [0.1, 0.15) is 112 Å². The van der Waals surface area contributed by atoms with Crippen molar-refractivity contribution in [2.75, 3.05) is 40.0 Å². The number of ether oxygens (including phenoxy) is 2. The predicted molar refractivity (Wildman–Crippen MR) is 254 cm³/mol. The number of nitrogens with zero attached hydrogens (tertiary/aromatic N) is 7. The fourth-order valence-corrected chi connectivity index (χ4v) is 10.0. The van der Waals surface area contributed by atoms with Crippen LogP contribution >= 0.6 is 11.8 Å². The van der Waals surface area contributed by atoms with Gasteiger partial charge in [-0.1, -0.05) is 84.6 Å². The SMILES string of the molecule is CC[C@H](C)[C@H]1C(=O)N2CCC[C@H]2C(=O)O[C@H](C(C)(C)C)C[C@@H](C)C[C@H](O)[C@H](C)C2=N[C@@H](/C=C(\C)C(=O)N[C@@H](Cc3ccc(OC)cc3)C(=O)N(C)[C@@H](CCCCN=[N+]=[N-])C(=O)N1C)CS2. The molecule has 4 amide bonds. The molecule has 17 heteroatoms. The molecular weight excluding hydrogens is 849 g/mol. The second-order valence-electron chi connectivity index (χ2n) is 19.4. The van der Waals surface area contributed by atoms with E-state index in [0.29, 0.717) is 68.6 Å². The van der Waals surface area contributed by atoms with Crippen LogP contribution in [0.5, 0.6) is 5.75 Å². The van der Waals surface area contributed by atoms with E-state index < -0.39 is 65.5 Å². The van der Waals surface area contributed by atoms with Crippen molar-refractivity contribution in [3.63, 3.8) is 0 Å². The minimum absolute atomic E-state index is 0.0259. The summed E-state index contributed by atoms with van der Waals surface area (Å²) in [5, 5.41) is 18.9. The molecule has 0 spiro atoms. The second-order valence-corrected chi connectivity index (χ2v) is 20.4. The summed E-state index contributed by atoms with van der Waals surface area (Å²) in [6.45, 7) is 16.1. The molecule has 0 aliphatic carbocycles. The highest BCUT2D eigenvalue weighted by atomic mass is 32.2. The van der Waals surface area contributed by atoms with E-state index in [1.54, 1.807) is 56.0 Å². The van der Waals surface area contributed by atoms with Crippen molar-refractivity contribution >= 4 is 46.4 Å². The lowest BCUT2D eigenvalue weighted by Gasteiger charge is -2.40. The molecule has 0 radical (unpaired) electrons. The number of aliphatic imine (C=N–C) groups is 1. The van der Waals surface area contributed by atoms with Crippen molar-refractivity contribution in [3.05, 3.63) is 51.9 Å². The number of rotatable bonds is 10. The Labute approximate surface area is 390 Å². The number of fused-ring (bicyclic) bond motifs is 2. The Morgan fingerprint density at radius 1 is 1.05 bits per heavy atom. The van der Waals surface area contributed by atoms with Gasteiger partial charge in [0.1, 0.15) is 36.0 Å². The summed E-state index contributed by atoms with van der Waals surface area (Å²) < 4.78 is 11.7. The smallest absolute Gasteiger partial charge is 0.329 e. The van der Waals surface area contributed by atoms with Crippen LogP contribution in [-0.4, -0.2) is 137 Å². The van der Waals surface area contributed by atoms with E-state index in [2.05, 4.69) is 15.3 Å². The summed E-state index contributed by atoms with van der Waals surface area (Å²) in [6, 6.07) is 2.88. The number of hydrogen-bond donors (Lipinski definition) is 2. The van der Waals surface area contributed by atoms with Crippen molar-refractivity contribution < 1.29 is 38.6 Å². The quantitative estimate of drug-likeness (QED) is 0.0837. The van der Waals surface area contributed by atoms with Crippen LogP contribution in [0, 0.1) is 23.2 Å². The number of unbranched alkanes of at least 4 members (excludes halogenated alkanes) is 1. The molecule has 2 bridgehead atoms. The Morgan fingerprint density at radius 3 is 2.37 bits per heavy atom. The standard InChI is InChI=1S/C48H74N8O8S/c1-12-30(3)41-46(61)56-23-15-17-38(56)47(62)64-40(48(6,7)8)25-29(2)24-39(57)32(5)43-51-34(28-65-43)26-31(4)42(58)52-36(27-33-18-20-35(63-11)21-19-33)44(59)54(9)37(45(60)55(41)10)16-13-14-22-50-53-49/h18-21,26,29-30,32,34,36-41,57H,12-17,22-25,27-28H2,1-11H3,(H,52,58)/b31-26+/t29-,30-,32-,34-,36-,37-,38-,39-,40-,41-/m0/s1. The molecule has 1 fully saturated rings. The number of aliphatic hydroxyl groups is 1. The molecule has 2 N–H and O–H groups in total. The maximum Gasteiger partial charge on any atom is 0.329 e. The van der Waals surface area contributed by atoms with Gasteiger partial charge in [0.25, 0.3) is 0 Å². The van der Waals surface area contributed by atoms with E-state index in [4.69, 9.17) is 20.0 Å². The van der Waals surface area contributed by atoms with Gasteiger partial charge in [0.15, 0.2) is 0 Å². The fourth-order valence-electron chi connectivity index (χ4n) is 8.90. The number of benzene rings is 1. The predicted octanol–water partition coefficient (Wildman–Crippen LogP) is 6.74. The number of likely N-dealkylation sites (N-methyl/N-ethyl adjacent to an activating group) is 2. The summed E-state index contributed by atoms with van der Waals surface area (Å²) in [5.74, 6) is -1.71. The van der Waals surface area contributed by atoms with Gasteiger partial charge in [0.2, 0.25) is 23.6 Å². The Kier molecular flexibility index (Phi) is 19.8. The lowest BCUT2D eigenvalue weighted by Crippen LogP contribution is -2.60. The van der Waals surface area contributed by atoms with Gasteiger partial charge in [-0.3, -0.25) is 24.2 Å². The van der Waals surface area contributed by atoms with Crippen molar-refractivity contribution in [3.8, 4) is 5.75 Å². The van der Waals surface area contributed by atoms with Crippen LogP contribution in [0.25, 0.3) is 10.4 Å². The van der Waals surface area contributed by atoms with Gasteiger partial charge in [-0.2, -0.15) is 0 Å². The Bertz CT molecular complexity index is 1930. The summed E-state index contributed by atoms with van der Waals surface area (Å²) in [5.41, 5.74) is 9.58. The second kappa shape index (κ2) is 24.3. The first-order chi connectivity index (χ1) is 30.7. The maximum atomic E-state index is 15.0. The highest BCUT2D eigenvalue weighted by Gasteiger charge is 2.45. The summed E-state index contributed by atoms with van der Waals surface area (Å²) >= 11 is 1.55. The number of azide groups is 1. The van der Waals surface area contributed by atoms with Gasteiger partial charge in [-0.15, -0.1) is 11.8 Å². The number of hydrogen-bond acceptors (Lipinski definition) is 11. The normalized spacial score (nSPS) is 29.6. The molecule has 3 aliphatic heterocycles. The number of esters is 1. The number of nitrogens with one attached hydrogen (secondary N) is 1. The molecule has 1 aromatic carbocycles. The van der Waals surface area contributed by atoms with Crippen LogP contribution in [0.2, 0.25) is 0 Å². The molecule has 1 saturated heterocycles. The number of carbonyl (C=O) groups is 5. The lowest BCUT2D eigenvalue weighted by molar-refractivity contribution is -0.166. The summed E-state index contributed by atoms with van der Waals surface area (Å²) in [4.78, 5) is 85.1. The molecule has 1 aromatic rings. The van der Waals surface area contributed by atoms with Crippen LogP contribution in [-0.2, 0) is 35.1 Å². The molecule has 3 heterocycles.